The van der Waals surface area contributed by atoms with Crippen LogP contribution in [0.3, 0.4) is 0 Å². The molecular formula is C18H19N3O6. The van der Waals surface area contributed by atoms with Gasteiger partial charge < -0.3 is 14.5 Å². The monoisotopic (exact) mass is 373 g/mol. The first-order valence-corrected chi connectivity index (χ1v) is 8.04. The largest absolute Gasteiger partial charge is 0.493 e. The smallest absolute Gasteiger partial charge is 0.357 e. The molecule has 2 aromatic rings. The second kappa shape index (κ2) is 8.65. The maximum absolute atomic E-state index is 11.7. The summed E-state index contributed by atoms with van der Waals surface area (Å²) >= 11 is 0. The van der Waals surface area contributed by atoms with Crippen LogP contribution in [0, 0.1) is 10.1 Å². The second-order valence-corrected chi connectivity index (χ2v) is 5.40. The Hall–Kier alpha value is -3.62. The van der Waals surface area contributed by atoms with Gasteiger partial charge >= 0.3 is 16.9 Å². The lowest BCUT2D eigenvalue weighted by atomic mass is 10.0. The van der Waals surface area contributed by atoms with Gasteiger partial charge in [-0.05, 0) is 37.1 Å². The molecule has 0 saturated heterocycles. The molecule has 0 aliphatic heterocycles. The highest BCUT2D eigenvalue weighted by atomic mass is 16.6. The molecule has 0 saturated carbocycles. The molecule has 2 rings (SSSR count). The molecule has 0 amide bonds. The fraction of sp³-hybridized carbons (Fsp3) is 0.222. The number of benzene rings is 1. The van der Waals surface area contributed by atoms with E-state index in [1.54, 1.807) is 18.2 Å². The highest BCUT2D eigenvalue weighted by Crippen LogP contribution is 2.34. The van der Waals surface area contributed by atoms with Gasteiger partial charge in [-0.25, -0.2) is 4.79 Å². The molecule has 0 aliphatic rings. The fourth-order valence-corrected chi connectivity index (χ4v) is 2.56. The molecule has 0 atom stereocenters. The van der Waals surface area contributed by atoms with Crippen molar-refractivity contribution in [3.63, 3.8) is 0 Å². The van der Waals surface area contributed by atoms with Crippen molar-refractivity contribution in [2.45, 2.75) is 13.3 Å². The normalized spacial score (nSPS) is 10.7. The van der Waals surface area contributed by atoms with Gasteiger partial charge in [0.25, 0.3) is 0 Å². The highest BCUT2D eigenvalue weighted by molar-refractivity contribution is 5.73. The number of hydrogen-bond donors (Lipinski definition) is 2. The molecule has 1 heterocycles. The predicted molar refractivity (Wildman–Crippen MR) is 101 cm³/mol. The van der Waals surface area contributed by atoms with E-state index in [9.17, 15) is 19.7 Å². The minimum atomic E-state index is -1.07. The molecule has 27 heavy (non-hydrogen) atoms. The number of H-pyrrole nitrogens is 2. The summed E-state index contributed by atoms with van der Waals surface area (Å²) in [6, 6.07) is 3.50. The number of aromatic amines is 2. The Labute approximate surface area is 154 Å². The molecule has 0 aliphatic carbocycles. The van der Waals surface area contributed by atoms with Gasteiger partial charge in [-0.15, -0.1) is 6.58 Å². The average molecular weight is 373 g/mol. The van der Waals surface area contributed by atoms with Gasteiger partial charge in [-0.1, -0.05) is 12.2 Å². The maximum Gasteiger partial charge on any atom is 0.357 e. The zero-order valence-corrected chi connectivity index (χ0v) is 14.9. The van der Waals surface area contributed by atoms with Gasteiger partial charge in [-0.2, -0.15) is 0 Å². The Morgan fingerprint density at radius 2 is 2.00 bits per heavy atom. The number of aromatic nitrogens is 2. The molecule has 9 nitrogen and oxygen atoms in total. The number of hydrogen-bond acceptors (Lipinski definition) is 6. The van der Waals surface area contributed by atoms with E-state index in [1.807, 2.05) is 11.9 Å². The van der Waals surface area contributed by atoms with Crippen LogP contribution < -0.4 is 20.7 Å². The molecule has 1 aromatic heterocycles. The quantitative estimate of drug-likeness (QED) is 0.415. The summed E-state index contributed by atoms with van der Waals surface area (Å²) in [6.07, 6.45) is 5.06. The Bertz CT molecular complexity index is 1000. The Morgan fingerprint density at radius 1 is 1.26 bits per heavy atom. The molecule has 0 fully saturated rings. The van der Waals surface area contributed by atoms with Crippen molar-refractivity contribution in [3.05, 3.63) is 72.6 Å². The summed E-state index contributed by atoms with van der Waals surface area (Å²) in [6.45, 7) is 5.97. The lowest BCUT2D eigenvalue weighted by Gasteiger charge is -2.14. The number of nitrogens with one attached hydrogen (secondary N) is 2. The van der Waals surface area contributed by atoms with Crippen LogP contribution in [0.4, 0.5) is 5.69 Å². The minimum Gasteiger partial charge on any atom is -0.493 e. The summed E-state index contributed by atoms with van der Waals surface area (Å²) in [7, 11) is 1.53. The van der Waals surface area contributed by atoms with Gasteiger partial charge in [0.05, 0.1) is 18.6 Å². The van der Waals surface area contributed by atoms with E-state index < -0.39 is 21.9 Å². The maximum atomic E-state index is 11.7. The number of nitrogens with zero attached hydrogens (tertiary/aromatic N) is 1. The molecule has 0 bridgehead atoms. The molecule has 1 aromatic carbocycles. The molecule has 9 heteroatoms. The number of ether oxygens (including phenoxy) is 2. The Balaban J connectivity index is 2.57. The van der Waals surface area contributed by atoms with Crippen molar-refractivity contribution < 1.29 is 14.4 Å². The van der Waals surface area contributed by atoms with Crippen LogP contribution in [-0.2, 0) is 6.42 Å². The summed E-state index contributed by atoms with van der Waals surface area (Å²) in [5, 5.41) is 11.1. The van der Waals surface area contributed by atoms with Gasteiger partial charge in [0.15, 0.2) is 11.5 Å². The zero-order chi connectivity index (χ0) is 20.0. The van der Waals surface area contributed by atoms with E-state index >= 15 is 0 Å². The Morgan fingerprint density at radius 3 is 2.59 bits per heavy atom. The molecular weight excluding hydrogens is 354 g/mol. The number of allylic oxidation sites excluding steroid dienone is 1. The highest BCUT2D eigenvalue weighted by Gasteiger charge is 2.19. The topological polar surface area (TPSA) is 127 Å². The van der Waals surface area contributed by atoms with E-state index in [2.05, 4.69) is 11.6 Å². The summed E-state index contributed by atoms with van der Waals surface area (Å²) in [5.74, 6) is 1.08. The van der Waals surface area contributed by atoms with Crippen molar-refractivity contribution in [3.8, 4) is 11.5 Å². The second-order valence-electron chi connectivity index (χ2n) is 5.40. The Kier molecular flexibility index (Phi) is 6.32. The number of nitro groups is 1. The third-order valence-corrected chi connectivity index (χ3v) is 3.59. The SMILES string of the molecule is C=CCc1cc(/C=C\c2[nH]c(=O)[nH]c(=O)c2[N+](=O)[O-])cc(OCC)c1OC. The summed E-state index contributed by atoms with van der Waals surface area (Å²) in [4.78, 5) is 37.5. The van der Waals surface area contributed by atoms with E-state index in [4.69, 9.17) is 9.47 Å². The lowest BCUT2D eigenvalue weighted by Crippen LogP contribution is -2.25. The standard InChI is InChI=1S/C18H19N3O6/c1-4-6-12-9-11(10-14(27-5-2)16(12)26-3)7-8-13-15(21(24)25)17(22)20-18(23)19-13/h4,7-10H,1,5-6H2,2-3H3,(H2,19,20,22,23)/b8-7-. The predicted octanol–water partition coefficient (Wildman–Crippen LogP) is 2.28. The number of rotatable bonds is 8. The van der Waals surface area contributed by atoms with Crippen molar-refractivity contribution in [2.24, 2.45) is 0 Å². The van der Waals surface area contributed by atoms with Crippen molar-refractivity contribution in [1.82, 2.24) is 9.97 Å². The first kappa shape index (κ1) is 19.7. The fourth-order valence-electron chi connectivity index (χ4n) is 2.56. The van der Waals surface area contributed by atoms with Crippen LogP contribution in [0.25, 0.3) is 12.2 Å². The van der Waals surface area contributed by atoms with Crippen LogP contribution in [0.15, 0.2) is 34.4 Å². The average Bonchev–Trinajstić information content (AvgIpc) is 2.59. The molecule has 0 radical (unpaired) electrons. The molecule has 0 unspecified atom stereocenters. The zero-order valence-electron chi connectivity index (χ0n) is 14.9. The van der Waals surface area contributed by atoms with Gasteiger partial charge in [0.2, 0.25) is 0 Å². The first-order valence-electron chi connectivity index (χ1n) is 8.04. The number of methoxy groups -OCH3 is 1. The van der Waals surface area contributed by atoms with E-state index in [0.29, 0.717) is 30.1 Å². The minimum absolute atomic E-state index is 0.201. The summed E-state index contributed by atoms with van der Waals surface area (Å²) in [5.41, 5.74) is -1.38. The first-order chi connectivity index (χ1) is 12.9. The molecule has 0 spiro atoms. The van der Waals surface area contributed by atoms with Gasteiger partial charge in [-0.3, -0.25) is 19.9 Å². The van der Waals surface area contributed by atoms with Crippen molar-refractivity contribution in [2.75, 3.05) is 13.7 Å². The molecule has 142 valence electrons. The van der Waals surface area contributed by atoms with Gasteiger partial charge in [0.1, 0.15) is 5.69 Å². The van der Waals surface area contributed by atoms with Crippen LogP contribution in [0.1, 0.15) is 23.7 Å². The van der Waals surface area contributed by atoms with Crippen molar-refractivity contribution in [1.29, 1.82) is 0 Å². The van der Waals surface area contributed by atoms with Crippen molar-refractivity contribution >= 4 is 17.8 Å². The van der Waals surface area contributed by atoms with Crippen LogP contribution in [-0.4, -0.2) is 28.6 Å². The summed E-state index contributed by atoms with van der Waals surface area (Å²) < 4.78 is 11.0. The third kappa shape index (κ3) is 4.51. The van der Waals surface area contributed by atoms with E-state index in [1.165, 1.54) is 19.3 Å². The van der Waals surface area contributed by atoms with E-state index in [0.717, 1.165) is 5.56 Å². The lowest BCUT2D eigenvalue weighted by molar-refractivity contribution is -0.386. The molecule has 2 N–H and O–H groups in total. The van der Waals surface area contributed by atoms with E-state index in [-0.39, 0.29) is 5.69 Å². The van der Waals surface area contributed by atoms with Crippen LogP contribution in [0.5, 0.6) is 11.5 Å². The van der Waals surface area contributed by atoms with Crippen LogP contribution in [0.2, 0.25) is 0 Å². The third-order valence-electron chi connectivity index (χ3n) is 3.59. The van der Waals surface area contributed by atoms with Crippen LogP contribution >= 0.6 is 0 Å². The van der Waals surface area contributed by atoms with Gasteiger partial charge in [0, 0.05) is 5.56 Å².